The van der Waals surface area contributed by atoms with E-state index >= 15 is 0 Å². The van der Waals surface area contributed by atoms with Crippen molar-refractivity contribution < 1.29 is 9.59 Å². The van der Waals surface area contributed by atoms with Crippen LogP contribution in [0, 0.1) is 0 Å². The maximum absolute atomic E-state index is 12.0. The minimum Gasteiger partial charge on any atom is -0.349 e. The van der Waals surface area contributed by atoms with Gasteiger partial charge < -0.3 is 10.2 Å². The third kappa shape index (κ3) is 4.74. The maximum Gasteiger partial charge on any atom is 0.228 e. The standard InChI is InChI=1S/C18H20N2O2/c1-20(2)18(22)13-15-8-10-16(11-9-15)19-17(21)12-14-6-4-3-5-7-14/h3-11H,12-13H2,1-2H3,(H,19,21). The average molecular weight is 296 g/mol. The van der Waals surface area contributed by atoms with Crippen molar-refractivity contribution >= 4 is 17.5 Å². The van der Waals surface area contributed by atoms with E-state index in [0.29, 0.717) is 12.8 Å². The Bertz CT molecular complexity index is 634. The number of amides is 2. The summed E-state index contributed by atoms with van der Waals surface area (Å²) in [7, 11) is 3.47. The van der Waals surface area contributed by atoms with Crippen LogP contribution in [0.5, 0.6) is 0 Å². The summed E-state index contributed by atoms with van der Waals surface area (Å²) >= 11 is 0. The van der Waals surface area contributed by atoms with Crippen molar-refractivity contribution in [1.29, 1.82) is 0 Å². The molecule has 0 unspecified atom stereocenters. The minimum absolute atomic E-state index is 0.0525. The van der Waals surface area contributed by atoms with Gasteiger partial charge >= 0.3 is 0 Å². The minimum atomic E-state index is -0.0525. The smallest absolute Gasteiger partial charge is 0.228 e. The van der Waals surface area contributed by atoms with E-state index in [4.69, 9.17) is 0 Å². The van der Waals surface area contributed by atoms with Crippen LogP contribution in [-0.2, 0) is 22.4 Å². The molecule has 22 heavy (non-hydrogen) atoms. The normalized spacial score (nSPS) is 10.1. The van der Waals surface area contributed by atoms with Crippen molar-refractivity contribution in [2.24, 2.45) is 0 Å². The van der Waals surface area contributed by atoms with Gasteiger partial charge in [-0.3, -0.25) is 9.59 Å². The molecule has 0 spiro atoms. The first-order valence-electron chi connectivity index (χ1n) is 7.17. The summed E-state index contributed by atoms with van der Waals surface area (Å²) in [5, 5.41) is 2.86. The Hall–Kier alpha value is -2.62. The predicted molar refractivity (Wildman–Crippen MR) is 87.6 cm³/mol. The van der Waals surface area contributed by atoms with Gasteiger partial charge in [-0.15, -0.1) is 0 Å². The van der Waals surface area contributed by atoms with E-state index in [2.05, 4.69) is 5.32 Å². The largest absolute Gasteiger partial charge is 0.349 e. The summed E-state index contributed by atoms with van der Waals surface area (Å²) in [6.07, 6.45) is 0.715. The second-order valence-corrected chi connectivity index (χ2v) is 5.37. The quantitative estimate of drug-likeness (QED) is 0.921. The fraction of sp³-hybridized carbons (Fsp3) is 0.222. The van der Waals surface area contributed by atoms with Crippen molar-refractivity contribution in [2.45, 2.75) is 12.8 Å². The molecule has 2 amide bonds. The Labute approximate surface area is 130 Å². The summed E-state index contributed by atoms with van der Waals surface area (Å²) in [5.74, 6) is 0.00387. The van der Waals surface area contributed by atoms with Gasteiger partial charge in [0.15, 0.2) is 0 Å². The van der Waals surface area contributed by atoms with Crippen LogP contribution in [0.15, 0.2) is 54.6 Å². The first-order chi connectivity index (χ1) is 10.5. The van der Waals surface area contributed by atoms with Crippen molar-refractivity contribution in [2.75, 3.05) is 19.4 Å². The molecule has 1 N–H and O–H groups in total. The molecule has 2 aromatic rings. The Morgan fingerprint density at radius 1 is 0.864 bits per heavy atom. The average Bonchev–Trinajstić information content (AvgIpc) is 2.50. The van der Waals surface area contributed by atoms with Crippen LogP contribution in [0.4, 0.5) is 5.69 Å². The number of hydrogen-bond donors (Lipinski definition) is 1. The molecule has 4 heteroatoms. The Balaban J connectivity index is 1.91. The lowest BCUT2D eigenvalue weighted by molar-refractivity contribution is -0.128. The van der Waals surface area contributed by atoms with Crippen molar-refractivity contribution in [3.05, 3.63) is 65.7 Å². The molecule has 2 aromatic carbocycles. The number of nitrogens with zero attached hydrogens (tertiary/aromatic N) is 1. The molecular formula is C18H20N2O2. The third-order valence-electron chi connectivity index (χ3n) is 3.30. The SMILES string of the molecule is CN(C)C(=O)Cc1ccc(NC(=O)Cc2ccccc2)cc1. The number of hydrogen-bond acceptors (Lipinski definition) is 2. The number of carbonyl (C=O) groups excluding carboxylic acids is 2. The highest BCUT2D eigenvalue weighted by Crippen LogP contribution is 2.11. The lowest BCUT2D eigenvalue weighted by Gasteiger charge is -2.10. The molecular weight excluding hydrogens is 276 g/mol. The van der Waals surface area contributed by atoms with Gasteiger partial charge in [0.1, 0.15) is 0 Å². The van der Waals surface area contributed by atoms with Gasteiger partial charge in [-0.1, -0.05) is 42.5 Å². The zero-order chi connectivity index (χ0) is 15.9. The van der Waals surface area contributed by atoms with E-state index in [-0.39, 0.29) is 11.8 Å². The highest BCUT2D eigenvalue weighted by molar-refractivity contribution is 5.92. The van der Waals surface area contributed by atoms with Gasteiger partial charge in [-0.05, 0) is 23.3 Å². The van der Waals surface area contributed by atoms with Gasteiger partial charge in [0, 0.05) is 19.8 Å². The van der Waals surface area contributed by atoms with Crippen molar-refractivity contribution in [3.8, 4) is 0 Å². The van der Waals surface area contributed by atoms with Crippen LogP contribution in [0.3, 0.4) is 0 Å². The molecule has 0 saturated heterocycles. The van der Waals surface area contributed by atoms with E-state index in [1.807, 2.05) is 54.6 Å². The Morgan fingerprint density at radius 2 is 1.45 bits per heavy atom. The summed E-state index contributed by atoms with van der Waals surface area (Å²) < 4.78 is 0. The molecule has 4 nitrogen and oxygen atoms in total. The molecule has 114 valence electrons. The molecule has 0 aromatic heterocycles. The molecule has 2 rings (SSSR count). The zero-order valence-electron chi connectivity index (χ0n) is 12.9. The van der Waals surface area contributed by atoms with Crippen LogP contribution >= 0.6 is 0 Å². The molecule has 0 bridgehead atoms. The molecule has 0 heterocycles. The van der Waals surface area contributed by atoms with Crippen LogP contribution in [0.2, 0.25) is 0 Å². The van der Waals surface area contributed by atoms with Gasteiger partial charge in [-0.2, -0.15) is 0 Å². The van der Waals surface area contributed by atoms with Gasteiger partial charge in [0.2, 0.25) is 11.8 Å². The number of anilines is 1. The highest BCUT2D eigenvalue weighted by Gasteiger charge is 2.07. The van der Waals surface area contributed by atoms with E-state index in [0.717, 1.165) is 16.8 Å². The lowest BCUT2D eigenvalue weighted by atomic mass is 10.1. The van der Waals surface area contributed by atoms with E-state index in [1.54, 1.807) is 19.0 Å². The van der Waals surface area contributed by atoms with Gasteiger partial charge in [0.05, 0.1) is 12.8 Å². The Morgan fingerprint density at radius 3 is 2.05 bits per heavy atom. The van der Waals surface area contributed by atoms with Crippen LogP contribution < -0.4 is 5.32 Å². The van der Waals surface area contributed by atoms with Gasteiger partial charge in [0.25, 0.3) is 0 Å². The first kappa shape index (κ1) is 15.8. The van der Waals surface area contributed by atoms with Crippen LogP contribution in [0.25, 0.3) is 0 Å². The third-order valence-corrected chi connectivity index (χ3v) is 3.30. The summed E-state index contributed by atoms with van der Waals surface area (Å²) in [5.41, 5.74) is 2.65. The molecule has 0 fully saturated rings. The zero-order valence-corrected chi connectivity index (χ0v) is 12.9. The molecule has 0 saturated carbocycles. The summed E-state index contributed by atoms with van der Waals surface area (Å²) in [6.45, 7) is 0. The number of rotatable bonds is 5. The second kappa shape index (κ2) is 7.41. The fourth-order valence-electron chi connectivity index (χ4n) is 2.03. The Kier molecular flexibility index (Phi) is 5.31. The van der Waals surface area contributed by atoms with Crippen molar-refractivity contribution in [3.63, 3.8) is 0 Å². The second-order valence-electron chi connectivity index (χ2n) is 5.37. The summed E-state index contributed by atoms with van der Waals surface area (Å²) in [4.78, 5) is 25.2. The van der Waals surface area contributed by atoms with Crippen molar-refractivity contribution in [1.82, 2.24) is 4.90 Å². The molecule has 0 atom stereocenters. The monoisotopic (exact) mass is 296 g/mol. The molecule has 0 radical (unpaired) electrons. The lowest BCUT2D eigenvalue weighted by Crippen LogP contribution is -2.23. The molecule has 0 aliphatic carbocycles. The van der Waals surface area contributed by atoms with E-state index in [9.17, 15) is 9.59 Å². The van der Waals surface area contributed by atoms with Crippen LogP contribution in [-0.4, -0.2) is 30.8 Å². The first-order valence-corrected chi connectivity index (χ1v) is 7.17. The number of likely N-dealkylation sites (N-methyl/N-ethyl adjacent to an activating group) is 1. The number of carbonyl (C=O) groups is 2. The number of benzene rings is 2. The number of nitrogens with one attached hydrogen (secondary N) is 1. The van der Waals surface area contributed by atoms with Gasteiger partial charge in [-0.25, -0.2) is 0 Å². The molecule has 0 aliphatic heterocycles. The maximum atomic E-state index is 12.0. The molecule has 0 aliphatic rings. The van der Waals surface area contributed by atoms with E-state index < -0.39 is 0 Å². The fourth-order valence-corrected chi connectivity index (χ4v) is 2.03. The topological polar surface area (TPSA) is 49.4 Å². The summed E-state index contributed by atoms with van der Waals surface area (Å²) in [6, 6.07) is 17.0. The van der Waals surface area contributed by atoms with Crippen LogP contribution in [0.1, 0.15) is 11.1 Å². The predicted octanol–water partition coefficient (Wildman–Crippen LogP) is 2.50. The highest BCUT2D eigenvalue weighted by atomic mass is 16.2. The van der Waals surface area contributed by atoms with E-state index in [1.165, 1.54) is 0 Å².